The second-order valence-corrected chi connectivity index (χ2v) is 9.17. The fraction of sp³-hybridized carbons (Fsp3) is 0.368. The zero-order valence-corrected chi connectivity index (χ0v) is 17.0. The molecule has 1 heterocycles. The molecule has 0 aromatic heterocycles. The maximum Gasteiger partial charge on any atom is 0.494 e. The molecular weight excluding hydrogens is 365 g/mol. The van der Waals surface area contributed by atoms with E-state index in [4.69, 9.17) is 14.0 Å². The summed E-state index contributed by atoms with van der Waals surface area (Å²) in [5, 5.41) is 0. The molecule has 3 rings (SSSR count). The standard InChI is InChI=1S/C19H24BNO5S/c1-18(2)19(3,4)26-20(25-18)14-6-8-15(9-7-14)21-27(22,23)17-12-10-16(24-5)11-13-17/h6-13,21H,1-5H3. The molecule has 1 fully saturated rings. The Labute approximate surface area is 161 Å². The van der Waals surface area contributed by atoms with Crippen LogP contribution in [0.2, 0.25) is 0 Å². The zero-order valence-electron chi connectivity index (χ0n) is 16.1. The first-order valence-corrected chi connectivity index (χ1v) is 10.1. The minimum atomic E-state index is -3.68. The molecule has 0 spiro atoms. The van der Waals surface area contributed by atoms with E-state index in [1.807, 2.05) is 27.7 Å². The summed E-state index contributed by atoms with van der Waals surface area (Å²) in [6.45, 7) is 7.96. The summed E-state index contributed by atoms with van der Waals surface area (Å²) < 4.78 is 44.7. The van der Waals surface area contributed by atoms with Gasteiger partial charge in [-0.15, -0.1) is 0 Å². The van der Waals surface area contributed by atoms with Crippen molar-refractivity contribution in [1.82, 2.24) is 0 Å². The Hall–Kier alpha value is -2.03. The predicted octanol–water partition coefficient (Wildman–Crippen LogP) is 2.80. The highest BCUT2D eigenvalue weighted by Gasteiger charge is 2.51. The van der Waals surface area contributed by atoms with Gasteiger partial charge < -0.3 is 14.0 Å². The Morgan fingerprint density at radius 2 is 1.41 bits per heavy atom. The number of benzene rings is 2. The first kappa shape index (κ1) is 19.7. The number of ether oxygens (including phenoxy) is 1. The van der Waals surface area contributed by atoms with E-state index in [2.05, 4.69) is 4.72 Å². The summed E-state index contributed by atoms with van der Waals surface area (Å²) in [7, 11) is -2.63. The molecule has 144 valence electrons. The number of methoxy groups -OCH3 is 1. The third-order valence-corrected chi connectivity index (χ3v) is 6.46. The van der Waals surface area contributed by atoms with Crippen LogP contribution in [0.3, 0.4) is 0 Å². The van der Waals surface area contributed by atoms with E-state index in [1.54, 1.807) is 36.4 Å². The summed E-state index contributed by atoms with van der Waals surface area (Å²) in [6.07, 6.45) is 0. The van der Waals surface area contributed by atoms with Crippen LogP contribution >= 0.6 is 0 Å². The summed E-state index contributed by atoms with van der Waals surface area (Å²) >= 11 is 0. The number of rotatable bonds is 5. The van der Waals surface area contributed by atoms with Crippen molar-refractivity contribution in [3.63, 3.8) is 0 Å². The number of sulfonamides is 1. The van der Waals surface area contributed by atoms with Crippen LogP contribution in [0.25, 0.3) is 0 Å². The van der Waals surface area contributed by atoms with Crippen molar-refractivity contribution >= 4 is 28.3 Å². The number of nitrogens with one attached hydrogen (secondary N) is 1. The highest BCUT2D eigenvalue weighted by Crippen LogP contribution is 2.36. The molecule has 0 saturated carbocycles. The van der Waals surface area contributed by atoms with Gasteiger partial charge in [-0.05, 0) is 69.6 Å². The molecule has 0 unspecified atom stereocenters. The Balaban J connectivity index is 1.74. The smallest absolute Gasteiger partial charge is 0.494 e. The molecule has 27 heavy (non-hydrogen) atoms. The third kappa shape index (κ3) is 3.97. The van der Waals surface area contributed by atoms with Crippen molar-refractivity contribution in [2.75, 3.05) is 11.8 Å². The summed E-state index contributed by atoms with van der Waals surface area (Å²) in [4.78, 5) is 0.165. The Kier molecular flexibility index (Phi) is 5.01. The molecule has 1 N–H and O–H groups in total. The molecule has 0 radical (unpaired) electrons. The van der Waals surface area contributed by atoms with Gasteiger partial charge in [0.05, 0.1) is 23.2 Å². The topological polar surface area (TPSA) is 73.9 Å². The normalized spacial score (nSPS) is 18.3. The Bertz CT molecular complexity index is 892. The van der Waals surface area contributed by atoms with Crippen molar-refractivity contribution in [2.24, 2.45) is 0 Å². The van der Waals surface area contributed by atoms with Gasteiger partial charge in [0.2, 0.25) is 0 Å². The van der Waals surface area contributed by atoms with Crippen LogP contribution in [0, 0.1) is 0 Å². The van der Waals surface area contributed by atoms with Gasteiger partial charge in [-0.25, -0.2) is 8.42 Å². The van der Waals surface area contributed by atoms with Gasteiger partial charge in [-0.3, -0.25) is 4.72 Å². The third-order valence-electron chi connectivity index (χ3n) is 5.06. The largest absolute Gasteiger partial charge is 0.497 e. The molecular formula is C19H24BNO5S. The van der Waals surface area contributed by atoms with Crippen LogP contribution in [0.15, 0.2) is 53.4 Å². The van der Waals surface area contributed by atoms with Crippen LogP contribution in [-0.4, -0.2) is 33.8 Å². The highest BCUT2D eigenvalue weighted by molar-refractivity contribution is 7.92. The van der Waals surface area contributed by atoms with Gasteiger partial charge in [-0.2, -0.15) is 0 Å². The van der Waals surface area contributed by atoms with Crippen LogP contribution in [0.1, 0.15) is 27.7 Å². The van der Waals surface area contributed by atoms with E-state index in [9.17, 15) is 8.42 Å². The second-order valence-electron chi connectivity index (χ2n) is 7.49. The molecule has 1 aliphatic rings. The summed E-state index contributed by atoms with van der Waals surface area (Å²) in [6, 6.07) is 13.2. The molecule has 0 bridgehead atoms. The second kappa shape index (κ2) is 6.85. The van der Waals surface area contributed by atoms with Gasteiger partial charge in [0.15, 0.2) is 0 Å². The van der Waals surface area contributed by atoms with Crippen LogP contribution < -0.4 is 14.9 Å². The van der Waals surface area contributed by atoms with E-state index in [0.717, 1.165) is 5.46 Å². The lowest BCUT2D eigenvalue weighted by Gasteiger charge is -2.32. The summed E-state index contributed by atoms with van der Waals surface area (Å²) in [5.74, 6) is 0.598. The quantitative estimate of drug-likeness (QED) is 0.797. The molecule has 2 aromatic rings. The average Bonchev–Trinajstić information content (AvgIpc) is 2.83. The van der Waals surface area contributed by atoms with Crippen molar-refractivity contribution in [3.05, 3.63) is 48.5 Å². The maximum atomic E-state index is 12.5. The zero-order chi connectivity index (χ0) is 19.9. The minimum absolute atomic E-state index is 0.165. The number of hydrogen-bond acceptors (Lipinski definition) is 5. The maximum absolute atomic E-state index is 12.5. The van der Waals surface area contributed by atoms with Crippen LogP contribution in [-0.2, 0) is 19.3 Å². The van der Waals surface area contributed by atoms with Crippen LogP contribution in [0.4, 0.5) is 5.69 Å². The van der Waals surface area contributed by atoms with Gasteiger partial charge in [0.1, 0.15) is 5.75 Å². The fourth-order valence-electron chi connectivity index (χ4n) is 2.66. The Morgan fingerprint density at radius 1 is 0.889 bits per heavy atom. The molecule has 6 nitrogen and oxygen atoms in total. The van der Waals surface area contributed by atoms with Crippen molar-refractivity contribution in [1.29, 1.82) is 0 Å². The van der Waals surface area contributed by atoms with Gasteiger partial charge in [0.25, 0.3) is 10.0 Å². The molecule has 1 aliphatic heterocycles. The monoisotopic (exact) mass is 389 g/mol. The van der Waals surface area contributed by atoms with Gasteiger partial charge in [0, 0.05) is 5.69 Å². The lowest BCUT2D eigenvalue weighted by molar-refractivity contribution is 0.00578. The minimum Gasteiger partial charge on any atom is -0.497 e. The number of anilines is 1. The molecule has 1 saturated heterocycles. The predicted molar refractivity (Wildman–Crippen MR) is 106 cm³/mol. The molecule has 8 heteroatoms. The van der Waals surface area contributed by atoms with Crippen molar-refractivity contribution in [2.45, 2.75) is 43.8 Å². The average molecular weight is 389 g/mol. The van der Waals surface area contributed by atoms with Gasteiger partial charge in [-0.1, -0.05) is 12.1 Å². The van der Waals surface area contributed by atoms with E-state index in [-0.39, 0.29) is 4.90 Å². The van der Waals surface area contributed by atoms with Gasteiger partial charge >= 0.3 is 7.12 Å². The molecule has 2 aromatic carbocycles. The van der Waals surface area contributed by atoms with Crippen molar-refractivity contribution < 1.29 is 22.5 Å². The first-order chi connectivity index (χ1) is 12.5. The van der Waals surface area contributed by atoms with E-state index >= 15 is 0 Å². The molecule has 0 amide bonds. The first-order valence-electron chi connectivity index (χ1n) is 8.67. The lowest BCUT2D eigenvalue weighted by atomic mass is 9.79. The van der Waals surface area contributed by atoms with E-state index in [0.29, 0.717) is 11.4 Å². The fourth-order valence-corrected chi connectivity index (χ4v) is 3.72. The Morgan fingerprint density at radius 3 is 1.89 bits per heavy atom. The van der Waals surface area contributed by atoms with E-state index in [1.165, 1.54) is 19.2 Å². The summed E-state index contributed by atoms with van der Waals surface area (Å²) in [5.41, 5.74) is 0.450. The number of hydrogen-bond donors (Lipinski definition) is 1. The highest BCUT2D eigenvalue weighted by atomic mass is 32.2. The SMILES string of the molecule is COc1ccc(S(=O)(=O)Nc2ccc(B3OC(C)(C)C(C)(C)O3)cc2)cc1. The molecule has 0 atom stereocenters. The van der Waals surface area contributed by atoms with Crippen LogP contribution in [0.5, 0.6) is 5.75 Å². The van der Waals surface area contributed by atoms with Crippen molar-refractivity contribution in [3.8, 4) is 5.75 Å². The molecule has 0 aliphatic carbocycles. The lowest BCUT2D eigenvalue weighted by Crippen LogP contribution is -2.41. The van der Waals surface area contributed by atoms with E-state index < -0.39 is 28.3 Å².